The first-order chi connectivity index (χ1) is 10.2. The van der Waals surface area contributed by atoms with E-state index in [0.717, 1.165) is 35.8 Å². The lowest BCUT2D eigenvalue weighted by atomic mass is 10.2. The fourth-order valence-corrected chi connectivity index (χ4v) is 3.33. The number of benzene rings is 1. The molecule has 1 saturated heterocycles. The van der Waals surface area contributed by atoms with Gasteiger partial charge in [-0.15, -0.1) is 5.10 Å². The van der Waals surface area contributed by atoms with Crippen molar-refractivity contribution < 1.29 is 4.74 Å². The standard InChI is InChI=1S/C14H16ClN3O2S/c15-11-5-3-10(4-6-11)9-21-14-17-16-13(19)18(14)8-12-2-1-7-20-12/h3-6,12H,1-2,7-9H2,(H,16,19)/t12-/m1/s1. The third-order valence-electron chi connectivity index (χ3n) is 3.41. The van der Waals surface area contributed by atoms with Gasteiger partial charge in [0.1, 0.15) is 0 Å². The van der Waals surface area contributed by atoms with Crippen LogP contribution < -0.4 is 5.69 Å². The molecule has 1 aliphatic rings. The van der Waals surface area contributed by atoms with Gasteiger partial charge in [0.05, 0.1) is 12.6 Å². The largest absolute Gasteiger partial charge is 0.376 e. The zero-order chi connectivity index (χ0) is 14.7. The Morgan fingerprint density at radius 1 is 1.43 bits per heavy atom. The van der Waals surface area contributed by atoms with E-state index in [1.165, 1.54) is 11.8 Å². The molecular weight excluding hydrogens is 310 g/mol. The molecule has 0 radical (unpaired) electrons. The third kappa shape index (κ3) is 3.70. The summed E-state index contributed by atoms with van der Waals surface area (Å²) >= 11 is 7.40. The molecule has 0 spiro atoms. The first-order valence-corrected chi connectivity index (χ1v) is 8.23. The summed E-state index contributed by atoms with van der Waals surface area (Å²) in [6, 6.07) is 7.68. The van der Waals surface area contributed by atoms with E-state index >= 15 is 0 Å². The molecular formula is C14H16ClN3O2S. The lowest BCUT2D eigenvalue weighted by Gasteiger charge is -2.10. The number of nitrogens with one attached hydrogen (secondary N) is 1. The van der Waals surface area contributed by atoms with E-state index in [1.807, 2.05) is 24.3 Å². The van der Waals surface area contributed by atoms with E-state index in [2.05, 4.69) is 10.2 Å². The van der Waals surface area contributed by atoms with Gasteiger partial charge in [-0.25, -0.2) is 9.89 Å². The van der Waals surface area contributed by atoms with E-state index < -0.39 is 0 Å². The van der Waals surface area contributed by atoms with Crippen molar-refractivity contribution in [3.8, 4) is 0 Å². The fourth-order valence-electron chi connectivity index (χ4n) is 2.29. The number of aromatic amines is 1. The maximum Gasteiger partial charge on any atom is 0.344 e. The fraction of sp³-hybridized carbons (Fsp3) is 0.429. The molecule has 5 nitrogen and oxygen atoms in total. The van der Waals surface area contributed by atoms with Gasteiger partial charge < -0.3 is 4.74 Å². The first kappa shape index (κ1) is 14.7. The number of aromatic nitrogens is 3. The van der Waals surface area contributed by atoms with Crippen molar-refractivity contribution in [1.82, 2.24) is 14.8 Å². The van der Waals surface area contributed by atoms with Gasteiger partial charge in [-0.2, -0.15) is 0 Å². The summed E-state index contributed by atoms with van der Waals surface area (Å²) in [5.41, 5.74) is 0.965. The second-order valence-corrected chi connectivity index (χ2v) is 6.35. The van der Waals surface area contributed by atoms with Crippen molar-refractivity contribution >= 4 is 23.4 Å². The lowest BCUT2D eigenvalue weighted by molar-refractivity contribution is 0.0941. The average Bonchev–Trinajstić information content (AvgIpc) is 3.11. The Kier molecular flexibility index (Phi) is 4.67. The van der Waals surface area contributed by atoms with Crippen LogP contribution in [0.25, 0.3) is 0 Å². The molecule has 1 aromatic carbocycles. The van der Waals surface area contributed by atoms with Crippen molar-refractivity contribution in [3.63, 3.8) is 0 Å². The summed E-state index contributed by atoms with van der Waals surface area (Å²) in [6.45, 7) is 1.35. The van der Waals surface area contributed by atoms with Crippen molar-refractivity contribution in [3.05, 3.63) is 45.3 Å². The predicted molar refractivity (Wildman–Crippen MR) is 82.8 cm³/mol. The number of H-pyrrole nitrogens is 1. The third-order valence-corrected chi connectivity index (χ3v) is 4.71. The van der Waals surface area contributed by atoms with E-state index in [1.54, 1.807) is 4.57 Å². The molecule has 1 fully saturated rings. The SMILES string of the molecule is O=c1[nH]nc(SCc2ccc(Cl)cc2)n1C[C@H]1CCCO1. The Labute approximate surface area is 131 Å². The van der Waals surface area contributed by atoms with Crippen LogP contribution in [-0.2, 0) is 17.0 Å². The number of rotatable bonds is 5. The summed E-state index contributed by atoms with van der Waals surface area (Å²) in [6.07, 6.45) is 2.18. The molecule has 21 heavy (non-hydrogen) atoms. The summed E-state index contributed by atoms with van der Waals surface area (Å²) in [5, 5.41) is 8.03. The molecule has 0 aliphatic carbocycles. The number of thioether (sulfide) groups is 1. The Morgan fingerprint density at radius 2 is 2.24 bits per heavy atom. The normalized spacial score (nSPS) is 18.2. The van der Waals surface area contributed by atoms with Crippen LogP contribution in [0.2, 0.25) is 5.02 Å². The molecule has 0 unspecified atom stereocenters. The van der Waals surface area contributed by atoms with Crippen LogP contribution in [-0.4, -0.2) is 27.5 Å². The number of ether oxygens (including phenoxy) is 1. The maximum absolute atomic E-state index is 11.8. The molecule has 0 amide bonds. The molecule has 7 heteroatoms. The number of nitrogens with zero attached hydrogens (tertiary/aromatic N) is 2. The minimum atomic E-state index is -0.177. The molecule has 0 bridgehead atoms. The Hall–Kier alpha value is -1.24. The highest BCUT2D eigenvalue weighted by molar-refractivity contribution is 7.98. The molecule has 0 saturated carbocycles. The quantitative estimate of drug-likeness (QED) is 0.859. The van der Waals surface area contributed by atoms with Gasteiger partial charge in [-0.1, -0.05) is 35.5 Å². The van der Waals surface area contributed by atoms with Gasteiger partial charge in [0.15, 0.2) is 5.16 Å². The van der Waals surface area contributed by atoms with E-state index in [9.17, 15) is 4.79 Å². The molecule has 1 N–H and O–H groups in total. The molecule has 112 valence electrons. The minimum absolute atomic E-state index is 0.121. The number of hydrogen-bond acceptors (Lipinski definition) is 4. The summed E-state index contributed by atoms with van der Waals surface area (Å²) in [7, 11) is 0. The second-order valence-electron chi connectivity index (χ2n) is 4.97. The lowest BCUT2D eigenvalue weighted by Crippen LogP contribution is -2.24. The molecule has 1 aromatic heterocycles. The van der Waals surface area contributed by atoms with Crippen LogP contribution in [0, 0.1) is 0 Å². The summed E-state index contributed by atoms with van der Waals surface area (Å²) < 4.78 is 7.25. The van der Waals surface area contributed by atoms with E-state index in [-0.39, 0.29) is 11.8 Å². The van der Waals surface area contributed by atoms with Crippen LogP contribution in [0.5, 0.6) is 0 Å². The highest BCUT2D eigenvalue weighted by Gasteiger charge is 2.19. The zero-order valence-electron chi connectivity index (χ0n) is 11.4. The average molecular weight is 326 g/mol. The summed E-state index contributed by atoms with van der Waals surface area (Å²) in [4.78, 5) is 11.8. The molecule has 1 atom stereocenters. The van der Waals surface area contributed by atoms with Crippen LogP contribution in [0.4, 0.5) is 0 Å². The van der Waals surface area contributed by atoms with Gasteiger partial charge in [0, 0.05) is 17.4 Å². The van der Waals surface area contributed by atoms with Crippen molar-refractivity contribution in [2.75, 3.05) is 6.61 Å². The molecule has 2 heterocycles. The molecule has 2 aromatic rings. The second kappa shape index (κ2) is 6.68. The van der Waals surface area contributed by atoms with Crippen LogP contribution in [0.1, 0.15) is 18.4 Å². The zero-order valence-corrected chi connectivity index (χ0v) is 13.0. The Morgan fingerprint density at radius 3 is 2.95 bits per heavy atom. The van der Waals surface area contributed by atoms with Crippen LogP contribution in [0.15, 0.2) is 34.2 Å². The molecule has 1 aliphatic heterocycles. The highest BCUT2D eigenvalue weighted by atomic mass is 35.5. The van der Waals surface area contributed by atoms with Gasteiger partial charge >= 0.3 is 5.69 Å². The molecule has 3 rings (SSSR count). The van der Waals surface area contributed by atoms with Gasteiger partial charge in [0.25, 0.3) is 0 Å². The van der Waals surface area contributed by atoms with Gasteiger partial charge in [0.2, 0.25) is 0 Å². The maximum atomic E-state index is 11.8. The van der Waals surface area contributed by atoms with Crippen molar-refractivity contribution in [2.24, 2.45) is 0 Å². The Balaban J connectivity index is 1.67. The first-order valence-electron chi connectivity index (χ1n) is 6.86. The number of hydrogen-bond donors (Lipinski definition) is 1. The van der Waals surface area contributed by atoms with Crippen molar-refractivity contribution in [1.29, 1.82) is 0 Å². The van der Waals surface area contributed by atoms with Crippen LogP contribution >= 0.6 is 23.4 Å². The minimum Gasteiger partial charge on any atom is -0.376 e. The van der Waals surface area contributed by atoms with E-state index in [4.69, 9.17) is 16.3 Å². The topological polar surface area (TPSA) is 59.9 Å². The van der Waals surface area contributed by atoms with Crippen molar-refractivity contribution in [2.45, 2.75) is 36.4 Å². The van der Waals surface area contributed by atoms with E-state index in [0.29, 0.717) is 11.7 Å². The summed E-state index contributed by atoms with van der Waals surface area (Å²) in [5.74, 6) is 0.743. The smallest absolute Gasteiger partial charge is 0.344 e. The van der Waals surface area contributed by atoms with Gasteiger partial charge in [-0.3, -0.25) is 4.57 Å². The highest BCUT2D eigenvalue weighted by Crippen LogP contribution is 2.22. The van der Waals surface area contributed by atoms with Crippen LogP contribution in [0.3, 0.4) is 0 Å². The predicted octanol–water partition coefficient (Wildman–Crippen LogP) is 2.70. The Bertz CT molecular complexity index is 647. The monoisotopic (exact) mass is 325 g/mol. The van der Waals surface area contributed by atoms with Gasteiger partial charge in [-0.05, 0) is 30.5 Å². The number of halogens is 1.